The normalized spacial score (nSPS) is 11.2. The molecule has 1 heterocycles. The Hall–Kier alpha value is -4.52. The fraction of sp³-hybridized carbons (Fsp3) is 0.226. The standard InChI is InChI=1S/C31H31NO6/c1-22-6-4-8-27(18-22)38-17-3-2-16-37-26-14-11-23(12-15-26)10-13-24-7-5-9-28-31(24)25(19-29(33)34)20-32(28)21-30(35)36/h4-15,18,20H,2-3,16-17,19,21H2,1H3,(H,33,34)(H,35,36)/b13-10+. The molecule has 0 unspecified atom stereocenters. The molecule has 0 radical (unpaired) electrons. The maximum Gasteiger partial charge on any atom is 0.323 e. The number of rotatable bonds is 13. The molecule has 196 valence electrons. The molecule has 0 saturated heterocycles. The predicted molar refractivity (Wildman–Crippen MR) is 148 cm³/mol. The van der Waals surface area contributed by atoms with E-state index < -0.39 is 11.9 Å². The Morgan fingerprint density at radius 1 is 0.842 bits per heavy atom. The first-order chi connectivity index (χ1) is 18.4. The number of fused-ring (bicyclic) bond motifs is 1. The number of aryl methyl sites for hydroxylation is 1. The molecule has 38 heavy (non-hydrogen) atoms. The van der Waals surface area contributed by atoms with Gasteiger partial charge in [0.15, 0.2) is 0 Å². The number of carboxylic acid groups (broad SMARTS) is 2. The molecule has 0 fully saturated rings. The van der Waals surface area contributed by atoms with E-state index in [1.165, 1.54) is 5.56 Å². The minimum Gasteiger partial charge on any atom is -0.494 e. The lowest BCUT2D eigenvalue weighted by atomic mass is 10.0. The van der Waals surface area contributed by atoms with Crippen molar-refractivity contribution < 1.29 is 29.3 Å². The molecule has 2 N–H and O–H groups in total. The van der Waals surface area contributed by atoms with Gasteiger partial charge >= 0.3 is 11.9 Å². The van der Waals surface area contributed by atoms with Crippen LogP contribution in [0.1, 0.15) is 35.1 Å². The second kappa shape index (κ2) is 12.6. The number of hydrogen-bond donors (Lipinski definition) is 2. The molecular weight excluding hydrogens is 482 g/mol. The van der Waals surface area contributed by atoms with E-state index in [4.69, 9.17) is 9.47 Å². The van der Waals surface area contributed by atoms with Gasteiger partial charge < -0.3 is 24.3 Å². The number of carbonyl (C=O) groups is 2. The Morgan fingerprint density at radius 2 is 1.55 bits per heavy atom. The van der Waals surface area contributed by atoms with Crippen LogP contribution in [0.5, 0.6) is 11.5 Å². The highest BCUT2D eigenvalue weighted by Gasteiger charge is 2.15. The van der Waals surface area contributed by atoms with Crippen LogP contribution in [0, 0.1) is 6.92 Å². The summed E-state index contributed by atoms with van der Waals surface area (Å²) in [5.74, 6) is -0.268. The summed E-state index contributed by atoms with van der Waals surface area (Å²) in [5, 5.41) is 19.3. The van der Waals surface area contributed by atoms with Crippen LogP contribution in [0.2, 0.25) is 0 Å². The molecule has 4 rings (SSSR count). The Balaban J connectivity index is 1.34. The van der Waals surface area contributed by atoms with Crippen molar-refractivity contribution in [1.82, 2.24) is 4.57 Å². The van der Waals surface area contributed by atoms with E-state index in [-0.39, 0.29) is 13.0 Å². The lowest BCUT2D eigenvalue weighted by Crippen LogP contribution is -2.07. The van der Waals surface area contributed by atoms with Gasteiger partial charge in [-0.1, -0.05) is 48.6 Å². The Kier molecular flexibility index (Phi) is 8.82. The quantitative estimate of drug-likeness (QED) is 0.166. The average Bonchev–Trinajstić information content (AvgIpc) is 3.22. The van der Waals surface area contributed by atoms with Gasteiger partial charge in [0.25, 0.3) is 0 Å². The van der Waals surface area contributed by atoms with Gasteiger partial charge in [-0.2, -0.15) is 0 Å². The number of hydrogen-bond acceptors (Lipinski definition) is 4. The Labute approximate surface area is 221 Å². The van der Waals surface area contributed by atoms with Crippen molar-refractivity contribution in [1.29, 1.82) is 0 Å². The predicted octanol–water partition coefficient (Wildman–Crippen LogP) is 6.07. The van der Waals surface area contributed by atoms with E-state index in [9.17, 15) is 19.8 Å². The van der Waals surface area contributed by atoms with Crippen molar-refractivity contribution >= 4 is 35.0 Å². The van der Waals surface area contributed by atoms with E-state index in [1.807, 2.05) is 85.8 Å². The van der Waals surface area contributed by atoms with Crippen LogP contribution in [0.25, 0.3) is 23.1 Å². The topological polar surface area (TPSA) is 98.0 Å². The highest BCUT2D eigenvalue weighted by atomic mass is 16.5. The van der Waals surface area contributed by atoms with Gasteiger partial charge in [0.1, 0.15) is 18.0 Å². The molecule has 0 aliphatic carbocycles. The van der Waals surface area contributed by atoms with E-state index in [1.54, 1.807) is 10.8 Å². The van der Waals surface area contributed by atoms with Crippen molar-refractivity contribution in [3.63, 3.8) is 0 Å². The molecule has 7 heteroatoms. The van der Waals surface area contributed by atoms with Crippen molar-refractivity contribution in [2.75, 3.05) is 13.2 Å². The molecule has 3 aromatic carbocycles. The van der Waals surface area contributed by atoms with E-state index in [2.05, 4.69) is 0 Å². The van der Waals surface area contributed by atoms with Crippen LogP contribution >= 0.6 is 0 Å². The van der Waals surface area contributed by atoms with Gasteiger partial charge in [0, 0.05) is 17.1 Å². The number of ether oxygens (including phenoxy) is 2. The largest absolute Gasteiger partial charge is 0.494 e. The van der Waals surface area contributed by atoms with Crippen LogP contribution in [-0.2, 0) is 22.6 Å². The van der Waals surface area contributed by atoms with Crippen LogP contribution in [0.3, 0.4) is 0 Å². The maximum atomic E-state index is 11.4. The van der Waals surface area contributed by atoms with Crippen LogP contribution in [-0.4, -0.2) is 39.9 Å². The van der Waals surface area contributed by atoms with Crippen molar-refractivity contribution in [2.45, 2.75) is 32.7 Å². The first kappa shape index (κ1) is 26.5. The molecular formula is C31H31NO6. The number of nitrogens with zero attached hydrogens (tertiary/aromatic N) is 1. The minimum atomic E-state index is -0.984. The van der Waals surface area contributed by atoms with E-state index in [0.29, 0.717) is 24.3 Å². The number of unbranched alkanes of at least 4 members (excludes halogenated alkanes) is 1. The number of carboxylic acids is 2. The summed E-state index contributed by atoms with van der Waals surface area (Å²) < 4.78 is 13.2. The molecule has 0 atom stereocenters. The molecule has 0 spiro atoms. The third-order valence-electron chi connectivity index (χ3n) is 6.07. The second-order valence-electron chi connectivity index (χ2n) is 9.11. The second-order valence-corrected chi connectivity index (χ2v) is 9.11. The summed E-state index contributed by atoms with van der Waals surface area (Å²) >= 11 is 0. The van der Waals surface area contributed by atoms with Gasteiger partial charge in [0.05, 0.1) is 19.6 Å². The minimum absolute atomic E-state index is 0.182. The Morgan fingerprint density at radius 3 is 2.24 bits per heavy atom. The molecule has 0 aliphatic rings. The van der Waals surface area contributed by atoms with Gasteiger partial charge in [0.2, 0.25) is 0 Å². The van der Waals surface area contributed by atoms with Crippen molar-refractivity contribution in [2.24, 2.45) is 0 Å². The summed E-state index contributed by atoms with van der Waals surface area (Å²) in [6, 6.07) is 21.3. The molecule has 1 aromatic heterocycles. The first-order valence-corrected chi connectivity index (χ1v) is 12.5. The smallest absolute Gasteiger partial charge is 0.323 e. The molecule has 7 nitrogen and oxygen atoms in total. The van der Waals surface area contributed by atoms with Gasteiger partial charge in [-0.25, -0.2) is 0 Å². The fourth-order valence-electron chi connectivity index (χ4n) is 4.33. The number of aliphatic carboxylic acids is 2. The van der Waals surface area contributed by atoms with Crippen molar-refractivity contribution in [3.05, 3.63) is 95.2 Å². The lowest BCUT2D eigenvalue weighted by molar-refractivity contribution is -0.138. The summed E-state index contributed by atoms with van der Waals surface area (Å²) in [4.78, 5) is 22.7. The van der Waals surface area contributed by atoms with E-state index >= 15 is 0 Å². The van der Waals surface area contributed by atoms with E-state index in [0.717, 1.165) is 40.9 Å². The third kappa shape index (κ3) is 7.26. The first-order valence-electron chi connectivity index (χ1n) is 12.5. The van der Waals surface area contributed by atoms with Gasteiger partial charge in [-0.3, -0.25) is 9.59 Å². The fourth-order valence-corrected chi connectivity index (χ4v) is 4.33. The molecule has 0 saturated carbocycles. The lowest BCUT2D eigenvalue weighted by Gasteiger charge is -2.08. The zero-order chi connectivity index (χ0) is 26.9. The summed E-state index contributed by atoms with van der Waals surface area (Å²) in [6.07, 6.45) is 7.09. The summed E-state index contributed by atoms with van der Waals surface area (Å²) in [5.41, 5.74) is 4.25. The highest BCUT2D eigenvalue weighted by molar-refractivity contribution is 5.96. The SMILES string of the molecule is Cc1cccc(OCCCCOc2ccc(/C=C/c3cccc4c3c(CC(=O)O)cn4CC(=O)O)cc2)c1. The number of benzene rings is 3. The van der Waals surface area contributed by atoms with Crippen molar-refractivity contribution in [3.8, 4) is 11.5 Å². The van der Waals surface area contributed by atoms with Crippen LogP contribution in [0.15, 0.2) is 72.9 Å². The molecule has 0 bridgehead atoms. The zero-order valence-electron chi connectivity index (χ0n) is 21.3. The molecule has 4 aromatic rings. The average molecular weight is 514 g/mol. The summed E-state index contributed by atoms with van der Waals surface area (Å²) in [7, 11) is 0. The van der Waals surface area contributed by atoms with Crippen LogP contribution < -0.4 is 9.47 Å². The maximum absolute atomic E-state index is 11.4. The number of aromatic nitrogens is 1. The monoisotopic (exact) mass is 513 g/mol. The third-order valence-corrected chi connectivity index (χ3v) is 6.07. The molecule has 0 amide bonds. The Bertz CT molecular complexity index is 1430. The van der Waals surface area contributed by atoms with Gasteiger partial charge in [-0.05, 0) is 72.4 Å². The van der Waals surface area contributed by atoms with Crippen LogP contribution in [0.4, 0.5) is 0 Å². The van der Waals surface area contributed by atoms with Gasteiger partial charge in [-0.15, -0.1) is 0 Å². The highest BCUT2D eigenvalue weighted by Crippen LogP contribution is 2.28. The summed E-state index contributed by atoms with van der Waals surface area (Å²) in [6.45, 7) is 3.07. The molecule has 0 aliphatic heterocycles. The zero-order valence-corrected chi connectivity index (χ0v) is 21.3.